The zero-order chi connectivity index (χ0) is 22.9. The smallest absolute Gasteiger partial charge is 0.338 e. The first-order valence-electron chi connectivity index (χ1n) is 11.2. The van der Waals surface area contributed by atoms with E-state index >= 15 is 0 Å². The first-order chi connectivity index (χ1) is 16.1. The Morgan fingerprint density at radius 3 is 2.42 bits per heavy atom. The molecule has 0 N–H and O–H groups in total. The first kappa shape index (κ1) is 21.0. The predicted octanol–water partition coefficient (Wildman–Crippen LogP) is 4.47. The molecule has 2 heterocycles. The van der Waals surface area contributed by atoms with E-state index in [0.29, 0.717) is 17.5 Å². The molecule has 166 valence electrons. The van der Waals surface area contributed by atoms with Crippen LogP contribution in [0.3, 0.4) is 0 Å². The van der Waals surface area contributed by atoms with E-state index in [4.69, 9.17) is 9.47 Å². The van der Waals surface area contributed by atoms with Crippen molar-refractivity contribution >= 4 is 28.4 Å². The summed E-state index contributed by atoms with van der Waals surface area (Å²) >= 11 is 0. The average Bonchev–Trinajstić information content (AvgIpc) is 3.16. The largest absolute Gasteiger partial charge is 0.469 e. The molecule has 3 aromatic rings. The summed E-state index contributed by atoms with van der Waals surface area (Å²) in [4.78, 5) is 28.0. The Morgan fingerprint density at radius 1 is 0.970 bits per heavy atom. The molecular weight excluding hydrogens is 416 g/mol. The zero-order valence-corrected chi connectivity index (χ0v) is 18.3. The third-order valence-corrected chi connectivity index (χ3v) is 6.91. The van der Waals surface area contributed by atoms with E-state index in [2.05, 4.69) is 11.0 Å². The van der Waals surface area contributed by atoms with Gasteiger partial charge in [0, 0.05) is 35.0 Å². The Hall–Kier alpha value is -3.85. The number of methoxy groups -OCH3 is 1. The second kappa shape index (κ2) is 8.59. The molecular formula is C27H24N2O4. The van der Waals surface area contributed by atoms with Crippen LogP contribution in [0, 0.1) is 17.2 Å². The van der Waals surface area contributed by atoms with Gasteiger partial charge in [-0.2, -0.15) is 5.26 Å². The van der Waals surface area contributed by atoms with Gasteiger partial charge in [-0.25, -0.2) is 4.79 Å². The second-order valence-electron chi connectivity index (χ2n) is 8.59. The van der Waals surface area contributed by atoms with Gasteiger partial charge in [0.25, 0.3) is 0 Å². The number of nitriles is 1. The maximum absolute atomic E-state index is 12.9. The fraction of sp³-hybridized carbons (Fsp3) is 0.296. The SMILES string of the molecule is COC(=O)C1C(OC(=O)c2ccccc2)CC2CCC1N2c1ccc(C#N)c2ccccc12. The highest BCUT2D eigenvalue weighted by Crippen LogP contribution is 2.46. The number of hydrogen-bond acceptors (Lipinski definition) is 6. The van der Waals surface area contributed by atoms with Gasteiger partial charge in [0.15, 0.2) is 0 Å². The molecule has 2 aliphatic heterocycles. The minimum absolute atomic E-state index is 0.126. The van der Waals surface area contributed by atoms with Gasteiger partial charge < -0.3 is 14.4 Å². The van der Waals surface area contributed by atoms with Crippen molar-refractivity contribution in [1.29, 1.82) is 5.26 Å². The average molecular weight is 440 g/mol. The lowest BCUT2D eigenvalue weighted by molar-refractivity contribution is -0.151. The molecule has 4 atom stereocenters. The molecule has 6 heteroatoms. The van der Waals surface area contributed by atoms with Crippen molar-refractivity contribution in [2.24, 2.45) is 5.92 Å². The van der Waals surface area contributed by atoms with Crippen molar-refractivity contribution in [2.75, 3.05) is 12.0 Å². The fourth-order valence-electron chi connectivity index (χ4n) is 5.49. The van der Waals surface area contributed by atoms with Gasteiger partial charge in [0.05, 0.1) is 24.3 Å². The van der Waals surface area contributed by atoms with Crippen molar-refractivity contribution in [3.05, 3.63) is 77.9 Å². The van der Waals surface area contributed by atoms with Crippen molar-refractivity contribution in [2.45, 2.75) is 37.5 Å². The Bertz CT molecular complexity index is 1250. The molecule has 6 nitrogen and oxygen atoms in total. The zero-order valence-electron chi connectivity index (χ0n) is 18.3. The Labute approximate surface area is 192 Å². The van der Waals surface area contributed by atoms with E-state index < -0.39 is 18.0 Å². The number of anilines is 1. The van der Waals surface area contributed by atoms with Gasteiger partial charge >= 0.3 is 11.9 Å². The minimum Gasteiger partial charge on any atom is -0.469 e. The van der Waals surface area contributed by atoms with E-state index in [9.17, 15) is 14.9 Å². The van der Waals surface area contributed by atoms with Gasteiger partial charge in [-0.1, -0.05) is 42.5 Å². The summed E-state index contributed by atoms with van der Waals surface area (Å²) in [6, 6.07) is 22.7. The predicted molar refractivity (Wildman–Crippen MR) is 124 cm³/mol. The Kier molecular flexibility index (Phi) is 5.47. The lowest BCUT2D eigenvalue weighted by Crippen LogP contribution is -2.55. The highest BCUT2D eigenvalue weighted by Gasteiger charge is 2.52. The minimum atomic E-state index is -0.587. The normalized spacial score (nSPS) is 23.7. The molecule has 2 aliphatic rings. The van der Waals surface area contributed by atoms with E-state index in [1.165, 1.54) is 7.11 Å². The second-order valence-corrected chi connectivity index (χ2v) is 8.59. The Morgan fingerprint density at radius 2 is 1.70 bits per heavy atom. The van der Waals surface area contributed by atoms with Crippen molar-refractivity contribution in [3.63, 3.8) is 0 Å². The van der Waals surface area contributed by atoms with Gasteiger partial charge in [-0.15, -0.1) is 0 Å². The molecule has 0 radical (unpaired) electrons. The molecule has 2 saturated heterocycles. The topological polar surface area (TPSA) is 79.6 Å². The maximum Gasteiger partial charge on any atom is 0.338 e. The molecule has 0 aromatic heterocycles. The number of ether oxygens (including phenoxy) is 2. The number of hydrogen-bond donors (Lipinski definition) is 0. The summed E-state index contributed by atoms with van der Waals surface area (Å²) < 4.78 is 11.1. The van der Waals surface area contributed by atoms with Gasteiger partial charge in [-0.3, -0.25) is 4.79 Å². The number of rotatable bonds is 4. The summed E-state index contributed by atoms with van der Waals surface area (Å²) in [7, 11) is 1.38. The first-order valence-corrected chi connectivity index (χ1v) is 11.2. The van der Waals surface area contributed by atoms with Crippen LogP contribution < -0.4 is 4.90 Å². The van der Waals surface area contributed by atoms with Crippen LogP contribution >= 0.6 is 0 Å². The van der Waals surface area contributed by atoms with Crippen LogP contribution in [0.5, 0.6) is 0 Å². The van der Waals surface area contributed by atoms with Crippen LogP contribution in [0.4, 0.5) is 5.69 Å². The van der Waals surface area contributed by atoms with Crippen molar-refractivity contribution in [3.8, 4) is 6.07 Å². The number of carbonyl (C=O) groups is 2. The van der Waals surface area contributed by atoms with Crippen LogP contribution in [0.25, 0.3) is 10.8 Å². The molecule has 0 spiro atoms. The lowest BCUT2D eigenvalue weighted by atomic mass is 9.86. The number of fused-ring (bicyclic) bond motifs is 3. The van der Waals surface area contributed by atoms with Crippen LogP contribution in [0.1, 0.15) is 35.2 Å². The van der Waals surface area contributed by atoms with Gasteiger partial charge in [-0.05, 0) is 37.1 Å². The molecule has 0 saturated carbocycles. The number of nitrogens with zero attached hydrogens (tertiary/aromatic N) is 2. The highest BCUT2D eigenvalue weighted by molar-refractivity contribution is 5.98. The molecule has 5 rings (SSSR count). The molecule has 2 fully saturated rings. The summed E-state index contributed by atoms with van der Waals surface area (Å²) in [5.41, 5.74) is 2.09. The van der Waals surface area contributed by atoms with Crippen LogP contribution in [0.2, 0.25) is 0 Å². The van der Waals surface area contributed by atoms with Crippen LogP contribution in [-0.2, 0) is 14.3 Å². The number of esters is 2. The third kappa shape index (κ3) is 3.60. The monoisotopic (exact) mass is 440 g/mol. The molecule has 0 amide bonds. The van der Waals surface area contributed by atoms with E-state index in [-0.39, 0.29) is 18.1 Å². The number of benzene rings is 3. The maximum atomic E-state index is 12.9. The molecule has 2 bridgehead atoms. The fourth-order valence-corrected chi connectivity index (χ4v) is 5.49. The summed E-state index contributed by atoms with van der Waals surface area (Å²) in [6.07, 6.45) is 1.69. The molecule has 4 unspecified atom stereocenters. The summed E-state index contributed by atoms with van der Waals surface area (Å²) in [5.74, 6) is -1.38. The number of piperidine rings is 1. The van der Waals surface area contributed by atoms with Crippen molar-refractivity contribution in [1.82, 2.24) is 0 Å². The van der Waals surface area contributed by atoms with Gasteiger partial charge in [0.1, 0.15) is 12.0 Å². The highest BCUT2D eigenvalue weighted by atomic mass is 16.6. The summed E-state index contributed by atoms with van der Waals surface area (Å²) in [6.45, 7) is 0. The van der Waals surface area contributed by atoms with Crippen molar-refractivity contribution < 1.29 is 19.1 Å². The van der Waals surface area contributed by atoms with E-state index in [1.54, 1.807) is 24.3 Å². The lowest BCUT2D eigenvalue weighted by Gasteiger charge is -2.44. The standard InChI is InChI=1S/C27H24N2O4/c1-32-27(31)25-23-14-12-19(15-24(25)33-26(30)17-7-3-2-4-8-17)29(23)22-13-11-18(16-28)20-9-5-6-10-21(20)22/h2-11,13,19,23-25H,12,14-15H2,1H3. The van der Waals surface area contributed by atoms with Crippen LogP contribution in [-0.4, -0.2) is 37.2 Å². The quantitative estimate of drug-likeness (QED) is 0.557. The van der Waals surface area contributed by atoms with E-state index in [1.807, 2.05) is 42.5 Å². The number of carbonyl (C=O) groups excluding carboxylic acids is 2. The summed E-state index contributed by atoms with van der Waals surface area (Å²) in [5, 5.41) is 11.4. The molecule has 33 heavy (non-hydrogen) atoms. The van der Waals surface area contributed by atoms with E-state index in [0.717, 1.165) is 29.3 Å². The molecule has 0 aliphatic carbocycles. The molecule has 3 aromatic carbocycles. The van der Waals surface area contributed by atoms with Crippen LogP contribution in [0.15, 0.2) is 66.7 Å². The van der Waals surface area contributed by atoms with Gasteiger partial charge in [0.2, 0.25) is 0 Å². The Balaban J connectivity index is 1.51. The third-order valence-electron chi connectivity index (χ3n) is 6.91.